The molecule has 0 amide bonds. The van der Waals surface area contributed by atoms with Crippen molar-refractivity contribution in [3.05, 3.63) is 59.2 Å². The quantitative estimate of drug-likeness (QED) is 0.690. The molecule has 4 nitrogen and oxygen atoms in total. The number of aromatic nitrogens is 2. The zero-order chi connectivity index (χ0) is 20.0. The second-order valence-electron chi connectivity index (χ2n) is 6.92. The van der Waals surface area contributed by atoms with E-state index in [1.807, 2.05) is 0 Å². The van der Waals surface area contributed by atoms with E-state index in [4.69, 9.17) is 5.73 Å². The number of hydrogen-bond donors (Lipinski definition) is 1. The summed E-state index contributed by atoms with van der Waals surface area (Å²) in [6, 6.07) is 4.67. The first-order valence-electron chi connectivity index (χ1n) is 8.77. The Hall–Kier alpha value is -2.68. The molecule has 3 aromatic rings. The molecule has 1 aliphatic rings. The minimum Gasteiger partial charge on any atom is -0.340 e. The highest BCUT2D eigenvalue weighted by Gasteiger charge is 2.29. The van der Waals surface area contributed by atoms with Crippen LogP contribution in [0.1, 0.15) is 12.0 Å². The molecule has 0 saturated carbocycles. The summed E-state index contributed by atoms with van der Waals surface area (Å²) in [5.74, 6) is -3.75. The second-order valence-corrected chi connectivity index (χ2v) is 6.92. The number of benzene rings is 2. The van der Waals surface area contributed by atoms with Gasteiger partial charge < -0.3 is 15.2 Å². The van der Waals surface area contributed by atoms with Crippen LogP contribution < -0.4 is 10.6 Å². The molecule has 2 atom stereocenters. The van der Waals surface area contributed by atoms with Crippen LogP contribution in [0.25, 0.3) is 11.0 Å². The molecule has 0 spiro atoms. The predicted molar refractivity (Wildman–Crippen MR) is 94.8 cm³/mol. The molecule has 0 radical (unpaired) electrons. The maximum Gasteiger partial charge on any atom is 0.206 e. The van der Waals surface area contributed by atoms with Crippen molar-refractivity contribution < 1.29 is 22.0 Å². The Balaban J connectivity index is 1.81. The normalized spacial score (nSPS) is 20.1. The Morgan fingerprint density at radius 3 is 2.43 bits per heavy atom. The number of imidazole rings is 1. The van der Waals surface area contributed by atoms with Crippen molar-refractivity contribution in [1.82, 2.24) is 9.55 Å². The maximum atomic E-state index is 13.8. The van der Waals surface area contributed by atoms with Gasteiger partial charge >= 0.3 is 0 Å². The van der Waals surface area contributed by atoms with Crippen LogP contribution in [-0.4, -0.2) is 34.9 Å². The summed E-state index contributed by atoms with van der Waals surface area (Å²) >= 11 is 0. The number of piperidine rings is 1. The van der Waals surface area contributed by atoms with E-state index in [2.05, 4.69) is 4.98 Å². The number of nitrogens with two attached hydrogens (primary N) is 1. The van der Waals surface area contributed by atoms with Gasteiger partial charge in [-0.05, 0) is 24.1 Å². The highest BCUT2D eigenvalue weighted by molar-refractivity contribution is 5.79. The molecule has 9 heteroatoms. The van der Waals surface area contributed by atoms with E-state index in [9.17, 15) is 22.0 Å². The fourth-order valence-corrected chi connectivity index (χ4v) is 3.46. The third-order valence-electron chi connectivity index (χ3n) is 4.95. The van der Waals surface area contributed by atoms with E-state index in [1.54, 1.807) is 9.47 Å². The third-order valence-corrected chi connectivity index (χ3v) is 4.95. The number of hydrogen-bond acceptors (Lipinski definition) is 3. The summed E-state index contributed by atoms with van der Waals surface area (Å²) < 4.78 is 69.7. The van der Waals surface area contributed by atoms with E-state index in [1.165, 1.54) is 6.07 Å². The lowest BCUT2D eigenvalue weighted by molar-refractivity contribution is 0.243. The highest BCUT2D eigenvalue weighted by atomic mass is 19.2. The summed E-state index contributed by atoms with van der Waals surface area (Å²) in [5, 5.41) is 0. The molecule has 1 saturated heterocycles. The highest BCUT2D eigenvalue weighted by Crippen LogP contribution is 2.28. The number of anilines is 1. The Morgan fingerprint density at radius 1 is 1.00 bits per heavy atom. The van der Waals surface area contributed by atoms with Crippen LogP contribution in [0.4, 0.5) is 27.9 Å². The molecule has 1 fully saturated rings. The van der Waals surface area contributed by atoms with Gasteiger partial charge in [0.05, 0.1) is 23.6 Å². The number of alkyl halides is 1. The van der Waals surface area contributed by atoms with Crippen LogP contribution in [-0.2, 0) is 6.54 Å². The average Bonchev–Trinajstić information content (AvgIpc) is 2.98. The molecule has 2 aromatic carbocycles. The van der Waals surface area contributed by atoms with Crippen molar-refractivity contribution in [2.45, 2.75) is 25.2 Å². The number of nitrogens with zero attached hydrogens (tertiary/aromatic N) is 3. The van der Waals surface area contributed by atoms with E-state index < -0.39 is 35.5 Å². The minimum absolute atomic E-state index is 0.0406. The zero-order valence-electron chi connectivity index (χ0n) is 14.7. The molecule has 2 unspecified atom stereocenters. The van der Waals surface area contributed by atoms with E-state index in [0.29, 0.717) is 18.1 Å². The Labute approximate surface area is 157 Å². The molecule has 28 heavy (non-hydrogen) atoms. The van der Waals surface area contributed by atoms with Gasteiger partial charge in [-0.25, -0.2) is 26.9 Å². The second kappa shape index (κ2) is 7.05. The van der Waals surface area contributed by atoms with Gasteiger partial charge in [-0.1, -0.05) is 6.07 Å². The van der Waals surface area contributed by atoms with Gasteiger partial charge in [-0.15, -0.1) is 0 Å². The lowest BCUT2D eigenvalue weighted by Gasteiger charge is -2.34. The van der Waals surface area contributed by atoms with Gasteiger partial charge in [-0.2, -0.15) is 0 Å². The first-order chi connectivity index (χ1) is 13.3. The predicted octanol–water partition coefficient (Wildman–Crippen LogP) is 3.52. The van der Waals surface area contributed by atoms with Crippen molar-refractivity contribution in [1.29, 1.82) is 0 Å². The summed E-state index contributed by atoms with van der Waals surface area (Å²) in [6.07, 6.45) is -0.951. The first kappa shape index (κ1) is 18.7. The maximum absolute atomic E-state index is 13.8. The molecule has 0 aliphatic carbocycles. The largest absolute Gasteiger partial charge is 0.340 e. The SMILES string of the molecule is NC1CN(c2nc3cc(F)c(F)cc3n2Cc2ccc(F)c(F)c2)CCC1F. The lowest BCUT2D eigenvalue weighted by Crippen LogP contribution is -2.50. The van der Waals surface area contributed by atoms with Crippen molar-refractivity contribution in [2.24, 2.45) is 5.73 Å². The Kier molecular flexibility index (Phi) is 4.70. The van der Waals surface area contributed by atoms with Crippen molar-refractivity contribution in [3.63, 3.8) is 0 Å². The van der Waals surface area contributed by atoms with Crippen LogP contribution in [0, 0.1) is 23.3 Å². The van der Waals surface area contributed by atoms with Gasteiger partial charge in [-0.3, -0.25) is 0 Å². The van der Waals surface area contributed by atoms with Gasteiger partial charge in [0.25, 0.3) is 0 Å². The van der Waals surface area contributed by atoms with Gasteiger partial charge in [0.1, 0.15) is 6.17 Å². The van der Waals surface area contributed by atoms with Gasteiger partial charge in [0, 0.05) is 25.2 Å². The van der Waals surface area contributed by atoms with Crippen molar-refractivity contribution in [3.8, 4) is 0 Å². The summed E-state index contributed by atoms with van der Waals surface area (Å²) in [4.78, 5) is 6.10. The fraction of sp³-hybridized carbons (Fsp3) is 0.316. The van der Waals surface area contributed by atoms with Gasteiger partial charge in [0.2, 0.25) is 5.95 Å². The number of rotatable bonds is 3. The summed E-state index contributed by atoms with van der Waals surface area (Å²) in [5.41, 5.74) is 6.72. The van der Waals surface area contributed by atoms with Crippen LogP contribution in [0.3, 0.4) is 0 Å². The van der Waals surface area contributed by atoms with Crippen molar-refractivity contribution in [2.75, 3.05) is 18.0 Å². The van der Waals surface area contributed by atoms with Crippen molar-refractivity contribution >= 4 is 17.0 Å². The molecule has 1 aliphatic heterocycles. The van der Waals surface area contributed by atoms with Gasteiger partial charge in [0.15, 0.2) is 23.3 Å². The molecule has 1 aromatic heterocycles. The topological polar surface area (TPSA) is 47.1 Å². The van der Waals surface area contributed by atoms with Crippen LogP contribution in [0.5, 0.6) is 0 Å². The zero-order valence-corrected chi connectivity index (χ0v) is 14.7. The minimum atomic E-state index is -1.14. The van der Waals surface area contributed by atoms with E-state index in [-0.39, 0.29) is 30.5 Å². The smallest absolute Gasteiger partial charge is 0.206 e. The van der Waals surface area contributed by atoms with Crippen LogP contribution in [0.2, 0.25) is 0 Å². The van der Waals surface area contributed by atoms with Crippen LogP contribution in [0.15, 0.2) is 30.3 Å². The first-order valence-corrected chi connectivity index (χ1v) is 8.77. The lowest BCUT2D eigenvalue weighted by atomic mass is 10.1. The molecule has 2 N–H and O–H groups in total. The van der Waals surface area contributed by atoms with E-state index in [0.717, 1.165) is 24.3 Å². The Morgan fingerprint density at radius 2 is 1.71 bits per heavy atom. The number of halogens is 5. The standard InChI is InChI=1S/C19H17F5N4/c20-11-2-1-10(5-13(11)22)8-28-18-7-15(24)14(23)6-17(18)26-19(28)27-4-3-12(21)16(25)9-27/h1-2,5-7,12,16H,3-4,8-9,25H2. The number of fused-ring (bicyclic) bond motifs is 1. The molecule has 4 rings (SSSR count). The van der Waals surface area contributed by atoms with E-state index >= 15 is 0 Å². The Bertz CT molecular complexity index is 1030. The summed E-state index contributed by atoms with van der Waals surface area (Å²) in [6.45, 7) is 0.535. The third kappa shape index (κ3) is 3.30. The molecule has 2 heterocycles. The van der Waals surface area contributed by atoms with Crippen LogP contribution >= 0.6 is 0 Å². The molecule has 148 valence electrons. The monoisotopic (exact) mass is 396 g/mol. The molecular weight excluding hydrogens is 379 g/mol. The average molecular weight is 396 g/mol. The fourth-order valence-electron chi connectivity index (χ4n) is 3.46. The molecule has 0 bridgehead atoms. The molecular formula is C19H17F5N4. The summed E-state index contributed by atoms with van der Waals surface area (Å²) in [7, 11) is 0.